The van der Waals surface area contributed by atoms with Crippen LogP contribution in [0.15, 0.2) is 42.5 Å². The van der Waals surface area contributed by atoms with Crippen LogP contribution in [0.1, 0.15) is 24.5 Å². The molecule has 25 heavy (non-hydrogen) atoms. The van der Waals surface area contributed by atoms with Gasteiger partial charge in [0.15, 0.2) is 11.5 Å². The number of fused-ring (bicyclic) bond motifs is 2. The second-order valence-electron chi connectivity index (χ2n) is 6.61. The van der Waals surface area contributed by atoms with E-state index in [1.54, 1.807) is 0 Å². The molecule has 1 N–H and O–H groups in total. The van der Waals surface area contributed by atoms with E-state index in [0.29, 0.717) is 19.1 Å². The van der Waals surface area contributed by atoms with E-state index in [1.165, 1.54) is 11.3 Å². The minimum atomic E-state index is 0.0289. The van der Waals surface area contributed by atoms with Crippen LogP contribution in [0.3, 0.4) is 0 Å². The zero-order valence-corrected chi connectivity index (χ0v) is 14.3. The first-order chi connectivity index (χ1) is 12.2. The summed E-state index contributed by atoms with van der Waals surface area (Å²) in [5.41, 5.74) is 3.51. The summed E-state index contributed by atoms with van der Waals surface area (Å²) in [7, 11) is 0. The lowest BCUT2D eigenvalue weighted by Crippen LogP contribution is -2.44. The Morgan fingerprint density at radius 3 is 2.96 bits per heavy atom. The van der Waals surface area contributed by atoms with Crippen LogP contribution in [0.25, 0.3) is 0 Å². The summed E-state index contributed by atoms with van der Waals surface area (Å²) in [6.45, 7) is 3.31. The van der Waals surface area contributed by atoms with Crippen molar-refractivity contribution in [1.82, 2.24) is 5.32 Å². The summed E-state index contributed by atoms with van der Waals surface area (Å²) < 4.78 is 10.7. The second-order valence-corrected chi connectivity index (χ2v) is 6.61. The van der Waals surface area contributed by atoms with E-state index in [2.05, 4.69) is 35.3 Å². The highest BCUT2D eigenvalue weighted by Gasteiger charge is 2.24. The van der Waals surface area contributed by atoms with Gasteiger partial charge in [-0.25, -0.2) is 0 Å². The van der Waals surface area contributed by atoms with Gasteiger partial charge in [0.2, 0.25) is 12.7 Å². The summed E-state index contributed by atoms with van der Waals surface area (Å²) in [6, 6.07) is 14.5. The molecule has 0 radical (unpaired) electrons. The van der Waals surface area contributed by atoms with Crippen molar-refractivity contribution in [3.8, 4) is 11.5 Å². The van der Waals surface area contributed by atoms with Gasteiger partial charge in [0.1, 0.15) is 0 Å². The molecule has 2 aromatic carbocycles. The SMILES string of the molecule is CC1CCc2ccccc2N1CC(=O)NCc1ccc2c(c1)OCO2. The van der Waals surface area contributed by atoms with Crippen LogP contribution >= 0.6 is 0 Å². The molecule has 2 heterocycles. The Bertz CT molecular complexity index is 790. The Hall–Kier alpha value is -2.69. The van der Waals surface area contributed by atoms with Crippen LogP contribution in [-0.2, 0) is 17.8 Å². The van der Waals surface area contributed by atoms with Crippen LogP contribution in [0.5, 0.6) is 11.5 Å². The molecule has 0 saturated carbocycles. The predicted molar refractivity (Wildman–Crippen MR) is 96.0 cm³/mol. The number of anilines is 1. The van der Waals surface area contributed by atoms with Crippen LogP contribution in [0, 0.1) is 0 Å². The maximum absolute atomic E-state index is 12.5. The second kappa shape index (κ2) is 6.67. The molecule has 0 bridgehead atoms. The minimum Gasteiger partial charge on any atom is -0.454 e. The van der Waals surface area contributed by atoms with Crippen molar-refractivity contribution in [2.75, 3.05) is 18.2 Å². The Morgan fingerprint density at radius 1 is 1.20 bits per heavy atom. The maximum atomic E-state index is 12.5. The fraction of sp³-hybridized carbons (Fsp3) is 0.350. The lowest BCUT2D eigenvalue weighted by atomic mass is 9.96. The quantitative estimate of drug-likeness (QED) is 0.931. The first kappa shape index (κ1) is 15.8. The largest absolute Gasteiger partial charge is 0.454 e. The average molecular weight is 338 g/mol. The third kappa shape index (κ3) is 3.27. The number of carbonyl (C=O) groups excluding carboxylic acids is 1. The van der Waals surface area contributed by atoms with Gasteiger partial charge in [-0.3, -0.25) is 4.79 Å². The van der Waals surface area contributed by atoms with Crippen molar-refractivity contribution in [3.63, 3.8) is 0 Å². The van der Waals surface area contributed by atoms with Gasteiger partial charge in [0.05, 0.1) is 6.54 Å². The van der Waals surface area contributed by atoms with E-state index in [0.717, 1.165) is 29.9 Å². The monoisotopic (exact) mass is 338 g/mol. The molecule has 4 rings (SSSR count). The Morgan fingerprint density at radius 2 is 2.04 bits per heavy atom. The van der Waals surface area contributed by atoms with Crippen molar-refractivity contribution >= 4 is 11.6 Å². The molecule has 2 aromatic rings. The average Bonchev–Trinajstić information content (AvgIpc) is 3.10. The van der Waals surface area contributed by atoms with Crippen LogP contribution in [-0.4, -0.2) is 25.3 Å². The van der Waals surface area contributed by atoms with E-state index in [1.807, 2.05) is 24.3 Å². The minimum absolute atomic E-state index is 0.0289. The molecular weight excluding hydrogens is 316 g/mol. The summed E-state index contributed by atoms with van der Waals surface area (Å²) in [5.74, 6) is 1.53. The highest BCUT2D eigenvalue weighted by atomic mass is 16.7. The molecule has 0 fully saturated rings. The maximum Gasteiger partial charge on any atom is 0.239 e. The lowest BCUT2D eigenvalue weighted by molar-refractivity contribution is -0.120. The number of hydrogen-bond donors (Lipinski definition) is 1. The van der Waals surface area contributed by atoms with E-state index < -0.39 is 0 Å². The van der Waals surface area contributed by atoms with E-state index in [9.17, 15) is 4.79 Å². The smallest absolute Gasteiger partial charge is 0.239 e. The number of ether oxygens (including phenoxy) is 2. The molecule has 1 amide bonds. The fourth-order valence-corrected chi connectivity index (χ4v) is 3.46. The van der Waals surface area contributed by atoms with Gasteiger partial charge in [-0.1, -0.05) is 24.3 Å². The summed E-state index contributed by atoms with van der Waals surface area (Å²) in [6.07, 6.45) is 2.15. The van der Waals surface area contributed by atoms with Gasteiger partial charge in [-0.15, -0.1) is 0 Å². The molecule has 0 aliphatic carbocycles. The first-order valence-corrected chi connectivity index (χ1v) is 8.70. The zero-order chi connectivity index (χ0) is 17.2. The number of aryl methyl sites for hydroxylation is 1. The number of para-hydroxylation sites is 1. The Labute approximate surface area is 147 Å². The summed E-state index contributed by atoms with van der Waals surface area (Å²) >= 11 is 0. The molecule has 0 spiro atoms. The van der Waals surface area contributed by atoms with Crippen LogP contribution < -0.4 is 19.7 Å². The Kier molecular flexibility index (Phi) is 4.22. The number of rotatable bonds is 4. The molecule has 0 aromatic heterocycles. The standard InChI is InChI=1S/C20H22N2O3/c1-14-6-8-16-4-2-3-5-17(16)22(14)12-20(23)21-11-15-7-9-18-19(10-15)25-13-24-18/h2-5,7,9-10,14H,6,8,11-13H2,1H3,(H,21,23). The molecule has 2 aliphatic rings. The third-order valence-electron chi connectivity index (χ3n) is 4.91. The van der Waals surface area contributed by atoms with Gasteiger partial charge in [-0.2, -0.15) is 0 Å². The van der Waals surface area contributed by atoms with Gasteiger partial charge >= 0.3 is 0 Å². The van der Waals surface area contributed by atoms with Crippen molar-refractivity contribution in [1.29, 1.82) is 0 Å². The van der Waals surface area contributed by atoms with Gasteiger partial charge < -0.3 is 19.7 Å². The van der Waals surface area contributed by atoms with E-state index in [4.69, 9.17) is 9.47 Å². The number of carbonyl (C=O) groups is 1. The summed E-state index contributed by atoms with van der Waals surface area (Å²) in [5, 5.41) is 3.01. The topological polar surface area (TPSA) is 50.8 Å². The third-order valence-corrected chi connectivity index (χ3v) is 4.91. The molecular formula is C20H22N2O3. The zero-order valence-electron chi connectivity index (χ0n) is 14.3. The van der Waals surface area contributed by atoms with E-state index >= 15 is 0 Å². The molecule has 1 unspecified atom stereocenters. The molecule has 0 saturated heterocycles. The van der Waals surface area contributed by atoms with Crippen LogP contribution in [0.2, 0.25) is 0 Å². The van der Waals surface area contributed by atoms with Gasteiger partial charge in [-0.05, 0) is 49.1 Å². The molecule has 5 nitrogen and oxygen atoms in total. The van der Waals surface area contributed by atoms with E-state index in [-0.39, 0.29) is 12.7 Å². The summed E-state index contributed by atoms with van der Waals surface area (Å²) in [4.78, 5) is 14.7. The number of nitrogens with zero attached hydrogens (tertiary/aromatic N) is 1. The molecule has 2 aliphatic heterocycles. The number of hydrogen-bond acceptors (Lipinski definition) is 4. The number of amides is 1. The molecule has 130 valence electrons. The van der Waals surface area contributed by atoms with Crippen molar-refractivity contribution in [2.24, 2.45) is 0 Å². The number of nitrogens with one attached hydrogen (secondary N) is 1. The highest BCUT2D eigenvalue weighted by molar-refractivity contribution is 5.82. The number of benzene rings is 2. The first-order valence-electron chi connectivity index (χ1n) is 8.70. The van der Waals surface area contributed by atoms with Crippen molar-refractivity contribution < 1.29 is 14.3 Å². The van der Waals surface area contributed by atoms with Crippen LogP contribution in [0.4, 0.5) is 5.69 Å². The van der Waals surface area contributed by atoms with Crippen molar-refractivity contribution in [2.45, 2.75) is 32.4 Å². The molecule has 5 heteroatoms. The van der Waals surface area contributed by atoms with Gasteiger partial charge in [0.25, 0.3) is 0 Å². The molecule has 1 atom stereocenters. The van der Waals surface area contributed by atoms with Crippen molar-refractivity contribution in [3.05, 3.63) is 53.6 Å². The normalized spacial score (nSPS) is 18.0. The van der Waals surface area contributed by atoms with Gasteiger partial charge in [0, 0.05) is 18.3 Å². The fourth-order valence-electron chi connectivity index (χ4n) is 3.46. The Balaban J connectivity index is 1.39. The lowest BCUT2D eigenvalue weighted by Gasteiger charge is -2.36. The highest BCUT2D eigenvalue weighted by Crippen LogP contribution is 2.32. The predicted octanol–water partition coefficient (Wildman–Crippen LogP) is 2.87.